The third-order valence-corrected chi connectivity index (χ3v) is 5.29. The Balaban J connectivity index is 1.75. The fraction of sp³-hybridized carbons (Fsp3) is 0.235. The molecule has 0 aliphatic heterocycles. The Kier molecular flexibility index (Phi) is 4.88. The molecule has 0 saturated heterocycles. The van der Waals surface area contributed by atoms with E-state index in [9.17, 15) is 13.2 Å². The zero-order valence-corrected chi connectivity index (χ0v) is 17.1. The number of pyridine rings is 1. The molecular formula is C17H14F3IN8. The average molecular weight is 514 g/mol. The summed E-state index contributed by atoms with van der Waals surface area (Å²) in [6.07, 6.45) is 2.14. The fourth-order valence-electron chi connectivity index (χ4n) is 3.11. The largest absolute Gasteiger partial charge is 0.416 e. The highest BCUT2D eigenvalue weighted by molar-refractivity contribution is 14.1. The molecule has 0 spiro atoms. The van der Waals surface area contributed by atoms with Gasteiger partial charge in [-0.05, 0) is 41.1 Å². The summed E-state index contributed by atoms with van der Waals surface area (Å²) < 4.78 is 43.0. The number of nitrogen functional groups attached to an aromatic ring is 1. The maximum atomic E-state index is 13.0. The van der Waals surface area contributed by atoms with E-state index >= 15 is 0 Å². The molecular weight excluding hydrogens is 500 g/mol. The number of nitrogens with two attached hydrogens (primary N) is 1. The van der Waals surface area contributed by atoms with Crippen LogP contribution in [0.4, 0.5) is 19.0 Å². The van der Waals surface area contributed by atoms with Crippen molar-refractivity contribution >= 4 is 39.4 Å². The zero-order chi connectivity index (χ0) is 20.8. The van der Waals surface area contributed by atoms with Crippen LogP contribution in [0.5, 0.6) is 0 Å². The second-order valence-electron chi connectivity index (χ2n) is 6.25. The lowest BCUT2D eigenvalue weighted by molar-refractivity contribution is -0.137. The van der Waals surface area contributed by atoms with Crippen LogP contribution < -0.4 is 5.73 Å². The van der Waals surface area contributed by atoms with Crippen LogP contribution in [-0.4, -0.2) is 34.5 Å². The summed E-state index contributed by atoms with van der Waals surface area (Å²) in [5.74, 6) is 0.414. The predicted octanol–water partition coefficient (Wildman–Crippen LogP) is 3.61. The zero-order valence-electron chi connectivity index (χ0n) is 15.0. The van der Waals surface area contributed by atoms with Crippen molar-refractivity contribution in [3.8, 4) is 5.82 Å². The monoisotopic (exact) mass is 514 g/mol. The average Bonchev–Trinajstić information content (AvgIpc) is 3.29. The number of aromatic nitrogens is 7. The van der Waals surface area contributed by atoms with Gasteiger partial charge in [-0.3, -0.25) is 0 Å². The molecule has 0 radical (unpaired) electrons. The first-order valence-corrected chi connectivity index (χ1v) is 9.59. The van der Waals surface area contributed by atoms with Crippen LogP contribution in [-0.2, 0) is 6.18 Å². The van der Waals surface area contributed by atoms with Crippen molar-refractivity contribution in [1.29, 1.82) is 0 Å². The molecule has 4 heterocycles. The number of halogens is 4. The number of alkyl halides is 3. The fourth-order valence-corrected chi connectivity index (χ4v) is 3.93. The third kappa shape index (κ3) is 3.52. The molecule has 0 amide bonds. The SMILES string of the molecule is CCC(c1cn(-c2cc(C(F)(F)F)ccn2)nn1)n1cc(I)c2c(N)ncnc21. The predicted molar refractivity (Wildman–Crippen MR) is 107 cm³/mol. The van der Waals surface area contributed by atoms with E-state index in [1.165, 1.54) is 11.0 Å². The van der Waals surface area contributed by atoms with Gasteiger partial charge in [0.2, 0.25) is 0 Å². The third-order valence-electron chi connectivity index (χ3n) is 4.47. The molecule has 0 aliphatic carbocycles. The lowest BCUT2D eigenvalue weighted by Gasteiger charge is -2.15. The highest BCUT2D eigenvalue weighted by atomic mass is 127. The van der Waals surface area contributed by atoms with Crippen molar-refractivity contribution in [1.82, 2.24) is 34.5 Å². The van der Waals surface area contributed by atoms with E-state index in [0.717, 1.165) is 27.3 Å². The molecule has 29 heavy (non-hydrogen) atoms. The van der Waals surface area contributed by atoms with E-state index in [0.29, 0.717) is 23.6 Å². The van der Waals surface area contributed by atoms with E-state index in [-0.39, 0.29) is 11.9 Å². The van der Waals surface area contributed by atoms with E-state index in [2.05, 4.69) is 47.9 Å². The number of hydrogen-bond donors (Lipinski definition) is 1. The summed E-state index contributed by atoms with van der Waals surface area (Å²) in [6.45, 7) is 1.97. The topological polar surface area (TPSA) is 100 Å². The van der Waals surface area contributed by atoms with Gasteiger partial charge in [-0.25, -0.2) is 19.6 Å². The summed E-state index contributed by atoms with van der Waals surface area (Å²) in [5, 5.41) is 8.89. The summed E-state index contributed by atoms with van der Waals surface area (Å²) in [5.41, 5.74) is 6.40. The van der Waals surface area contributed by atoms with Gasteiger partial charge in [-0.1, -0.05) is 12.1 Å². The van der Waals surface area contributed by atoms with Crippen LogP contribution in [0.3, 0.4) is 0 Å². The van der Waals surface area contributed by atoms with Gasteiger partial charge in [0, 0.05) is 16.0 Å². The van der Waals surface area contributed by atoms with Gasteiger partial charge in [-0.2, -0.15) is 13.2 Å². The normalized spacial score (nSPS) is 13.1. The minimum Gasteiger partial charge on any atom is -0.383 e. The van der Waals surface area contributed by atoms with Crippen molar-refractivity contribution in [2.45, 2.75) is 25.6 Å². The van der Waals surface area contributed by atoms with Gasteiger partial charge in [0.25, 0.3) is 0 Å². The Morgan fingerprint density at radius 1 is 1.21 bits per heavy atom. The Morgan fingerprint density at radius 3 is 2.72 bits per heavy atom. The van der Waals surface area contributed by atoms with Gasteiger partial charge >= 0.3 is 6.18 Å². The van der Waals surface area contributed by atoms with Crippen LogP contribution in [0.2, 0.25) is 0 Å². The molecule has 8 nitrogen and oxygen atoms in total. The Hall–Kier alpha value is -2.77. The molecule has 12 heteroatoms. The molecule has 4 aromatic rings. The van der Waals surface area contributed by atoms with E-state index in [1.54, 1.807) is 6.20 Å². The number of hydrogen-bond acceptors (Lipinski definition) is 6. The standard InChI is InChI=1S/C17H14F3IN8/c1-2-12(28-6-10(21)14-15(22)24-8-25-16(14)28)11-7-29(27-26-11)13-5-9(3-4-23-13)17(18,19)20/h3-8,12H,2H2,1H3,(H2,22,24,25). The van der Waals surface area contributed by atoms with Gasteiger partial charge in [0.1, 0.15) is 23.5 Å². The second kappa shape index (κ2) is 7.24. The lowest BCUT2D eigenvalue weighted by atomic mass is 10.1. The van der Waals surface area contributed by atoms with Crippen LogP contribution in [0.15, 0.2) is 37.1 Å². The van der Waals surface area contributed by atoms with Crippen molar-refractivity contribution < 1.29 is 13.2 Å². The molecule has 4 rings (SSSR count). The van der Waals surface area contributed by atoms with Crippen LogP contribution in [0, 0.1) is 3.57 Å². The highest BCUT2D eigenvalue weighted by Crippen LogP contribution is 2.32. The van der Waals surface area contributed by atoms with Gasteiger partial charge < -0.3 is 10.3 Å². The van der Waals surface area contributed by atoms with Gasteiger partial charge in [-0.15, -0.1) is 5.10 Å². The molecule has 0 fully saturated rings. The molecule has 0 saturated carbocycles. The molecule has 0 bridgehead atoms. The molecule has 150 valence electrons. The molecule has 2 N–H and O–H groups in total. The van der Waals surface area contributed by atoms with Gasteiger partial charge in [0.15, 0.2) is 5.82 Å². The maximum absolute atomic E-state index is 13.0. The van der Waals surface area contributed by atoms with E-state index < -0.39 is 11.7 Å². The van der Waals surface area contributed by atoms with Crippen molar-refractivity contribution in [2.24, 2.45) is 0 Å². The number of rotatable bonds is 4. The quantitative estimate of drug-likeness (QED) is 0.418. The minimum absolute atomic E-state index is 0.0342. The van der Waals surface area contributed by atoms with Crippen molar-refractivity contribution in [3.05, 3.63) is 51.9 Å². The number of fused-ring (bicyclic) bond motifs is 1. The first-order valence-electron chi connectivity index (χ1n) is 8.52. The van der Waals surface area contributed by atoms with Crippen LogP contribution >= 0.6 is 22.6 Å². The number of nitrogens with zero attached hydrogens (tertiary/aromatic N) is 7. The highest BCUT2D eigenvalue weighted by Gasteiger charge is 2.31. The van der Waals surface area contributed by atoms with Crippen molar-refractivity contribution in [2.75, 3.05) is 5.73 Å². The van der Waals surface area contributed by atoms with Gasteiger partial charge in [0.05, 0.1) is 23.2 Å². The summed E-state index contributed by atoms with van der Waals surface area (Å²) >= 11 is 2.16. The lowest BCUT2D eigenvalue weighted by Crippen LogP contribution is -2.10. The van der Waals surface area contributed by atoms with E-state index in [1.807, 2.05) is 17.7 Å². The van der Waals surface area contributed by atoms with E-state index in [4.69, 9.17) is 5.73 Å². The smallest absolute Gasteiger partial charge is 0.383 e. The summed E-state index contributed by atoms with van der Waals surface area (Å²) in [7, 11) is 0. The first kappa shape index (κ1) is 19.5. The Bertz CT molecular complexity index is 1180. The maximum Gasteiger partial charge on any atom is 0.416 e. The molecule has 0 aromatic carbocycles. The number of anilines is 1. The summed E-state index contributed by atoms with van der Waals surface area (Å²) in [4.78, 5) is 12.3. The molecule has 1 unspecified atom stereocenters. The minimum atomic E-state index is -4.46. The summed E-state index contributed by atoms with van der Waals surface area (Å²) in [6, 6.07) is 1.60. The molecule has 1 atom stereocenters. The Morgan fingerprint density at radius 2 is 2.00 bits per heavy atom. The van der Waals surface area contributed by atoms with Crippen molar-refractivity contribution in [3.63, 3.8) is 0 Å². The second-order valence-corrected chi connectivity index (χ2v) is 7.42. The first-order chi connectivity index (χ1) is 13.8. The van der Waals surface area contributed by atoms with Crippen LogP contribution in [0.1, 0.15) is 30.6 Å². The van der Waals surface area contributed by atoms with Crippen LogP contribution in [0.25, 0.3) is 16.9 Å². The molecule has 4 aromatic heterocycles. The molecule has 0 aliphatic rings. The Labute approximate surface area is 176 Å².